The summed E-state index contributed by atoms with van der Waals surface area (Å²) in [6, 6.07) is 10.8. The highest BCUT2D eigenvalue weighted by molar-refractivity contribution is 5.15. The zero-order valence-corrected chi connectivity index (χ0v) is 14.3. The van der Waals surface area contributed by atoms with E-state index >= 15 is 0 Å². The average Bonchev–Trinajstić information content (AvgIpc) is 2.48. The number of likely N-dealkylation sites (tertiary alicyclic amines) is 1. The zero-order chi connectivity index (χ0) is 16.0. The van der Waals surface area contributed by atoms with Crippen molar-refractivity contribution in [3.63, 3.8) is 0 Å². The summed E-state index contributed by atoms with van der Waals surface area (Å²) in [6.07, 6.45) is 3.25. The summed E-state index contributed by atoms with van der Waals surface area (Å²) in [5, 5.41) is 10.1. The van der Waals surface area contributed by atoms with Crippen molar-refractivity contribution in [1.29, 1.82) is 0 Å². The number of hydrogen-bond acceptors (Lipinski definition) is 3. The molecule has 1 saturated heterocycles. The highest BCUT2D eigenvalue weighted by Gasteiger charge is 2.22. The third-order valence-electron chi connectivity index (χ3n) is 4.25. The van der Waals surface area contributed by atoms with Gasteiger partial charge in [-0.1, -0.05) is 30.3 Å². The molecule has 22 heavy (non-hydrogen) atoms. The molecule has 3 nitrogen and oxygen atoms in total. The Bertz CT molecular complexity index is 419. The smallest absolute Gasteiger partial charge is 0.0900 e. The van der Waals surface area contributed by atoms with Crippen molar-refractivity contribution in [2.45, 2.75) is 51.7 Å². The molecule has 1 aliphatic rings. The van der Waals surface area contributed by atoms with E-state index in [0.29, 0.717) is 6.61 Å². The fourth-order valence-electron chi connectivity index (χ4n) is 3.02. The van der Waals surface area contributed by atoms with Crippen LogP contribution >= 0.6 is 0 Å². The first-order valence-electron chi connectivity index (χ1n) is 8.51. The normalized spacial score (nSPS) is 19.3. The van der Waals surface area contributed by atoms with Crippen LogP contribution in [-0.4, -0.2) is 48.0 Å². The largest absolute Gasteiger partial charge is 0.389 e. The molecule has 0 spiro atoms. The predicted molar refractivity (Wildman–Crippen MR) is 91.0 cm³/mol. The number of ether oxygens (including phenoxy) is 1. The Morgan fingerprint density at radius 3 is 2.41 bits per heavy atom. The van der Waals surface area contributed by atoms with Crippen LogP contribution in [0, 0.1) is 5.92 Å². The van der Waals surface area contributed by atoms with Gasteiger partial charge in [0.2, 0.25) is 0 Å². The first-order valence-corrected chi connectivity index (χ1v) is 8.51. The molecule has 0 bridgehead atoms. The van der Waals surface area contributed by atoms with Gasteiger partial charge in [-0.25, -0.2) is 0 Å². The molecule has 0 aromatic heterocycles. The van der Waals surface area contributed by atoms with Crippen molar-refractivity contribution in [3.05, 3.63) is 35.9 Å². The van der Waals surface area contributed by atoms with Gasteiger partial charge in [-0.2, -0.15) is 0 Å². The Balaban J connectivity index is 1.66. The first kappa shape index (κ1) is 17.5. The lowest BCUT2D eigenvalue weighted by atomic mass is 9.90. The monoisotopic (exact) mass is 305 g/mol. The van der Waals surface area contributed by atoms with E-state index in [2.05, 4.69) is 35.2 Å². The van der Waals surface area contributed by atoms with Gasteiger partial charge in [-0.05, 0) is 64.6 Å². The Morgan fingerprint density at radius 1 is 1.18 bits per heavy atom. The average molecular weight is 305 g/mol. The Labute approximate surface area is 135 Å². The van der Waals surface area contributed by atoms with Crippen molar-refractivity contribution in [1.82, 2.24) is 4.90 Å². The van der Waals surface area contributed by atoms with Gasteiger partial charge in [0.1, 0.15) is 0 Å². The van der Waals surface area contributed by atoms with Crippen molar-refractivity contribution in [3.8, 4) is 0 Å². The standard InChI is InChI=1S/C19H31NO2/c1-19(2,3)22-15-18(21)14-20-11-9-17(10-12-20)13-16-7-5-4-6-8-16/h4-8,17-18,21H,9-15H2,1-3H3/t18-/m1/s1. The molecule has 0 saturated carbocycles. The lowest BCUT2D eigenvalue weighted by Crippen LogP contribution is -2.41. The molecule has 1 aromatic carbocycles. The lowest BCUT2D eigenvalue weighted by molar-refractivity contribution is -0.0578. The van der Waals surface area contributed by atoms with Gasteiger partial charge in [-0.15, -0.1) is 0 Å². The molecular weight excluding hydrogens is 274 g/mol. The molecule has 3 heteroatoms. The predicted octanol–water partition coefficient (Wildman–Crippen LogP) is 3.12. The summed E-state index contributed by atoms with van der Waals surface area (Å²) in [7, 11) is 0. The molecule has 124 valence electrons. The van der Waals surface area contributed by atoms with Gasteiger partial charge < -0.3 is 14.7 Å². The second-order valence-corrected chi connectivity index (χ2v) is 7.51. The van der Waals surface area contributed by atoms with Crippen LogP contribution in [-0.2, 0) is 11.2 Å². The molecule has 1 aromatic rings. The van der Waals surface area contributed by atoms with E-state index in [1.54, 1.807) is 0 Å². The topological polar surface area (TPSA) is 32.7 Å². The molecule has 1 heterocycles. The Hall–Kier alpha value is -0.900. The highest BCUT2D eigenvalue weighted by Crippen LogP contribution is 2.21. The maximum Gasteiger partial charge on any atom is 0.0900 e. The number of aliphatic hydroxyl groups excluding tert-OH is 1. The SMILES string of the molecule is CC(C)(C)OC[C@H](O)CN1CCC(Cc2ccccc2)CC1. The Morgan fingerprint density at radius 2 is 1.82 bits per heavy atom. The molecule has 0 aliphatic carbocycles. The number of benzene rings is 1. The molecule has 0 radical (unpaired) electrons. The number of piperidine rings is 1. The van der Waals surface area contributed by atoms with Gasteiger partial charge >= 0.3 is 0 Å². The van der Waals surface area contributed by atoms with Gasteiger partial charge in [0.15, 0.2) is 0 Å². The summed E-state index contributed by atoms with van der Waals surface area (Å²) < 4.78 is 5.66. The van der Waals surface area contributed by atoms with Gasteiger partial charge in [0.25, 0.3) is 0 Å². The van der Waals surface area contributed by atoms with Crippen LogP contribution in [0.5, 0.6) is 0 Å². The zero-order valence-electron chi connectivity index (χ0n) is 14.3. The van der Waals surface area contributed by atoms with Crippen molar-refractivity contribution >= 4 is 0 Å². The minimum atomic E-state index is -0.384. The van der Waals surface area contributed by atoms with E-state index in [1.165, 1.54) is 24.8 Å². The van der Waals surface area contributed by atoms with Gasteiger partial charge in [0.05, 0.1) is 18.3 Å². The van der Waals surface area contributed by atoms with E-state index in [4.69, 9.17) is 4.74 Å². The van der Waals surface area contributed by atoms with Crippen LogP contribution in [0.3, 0.4) is 0 Å². The highest BCUT2D eigenvalue weighted by atomic mass is 16.5. The Kier molecular flexibility index (Phi) is 6.42. The van der Waals surface area contributed by atoms with Crippen LogP contribution in [0.4, 0.5) is 0 Å². The number of hydrogen-bond donors (Lipinski definition) is 1. The van der Waals surface area contributed by atoms with E-state index in [0.717, 1.165) is 25.6 Å². The summed E-state index contributed by atoms with van der Waals surface area (Å²) in [4.78, 5) is 2.37. The van der Waals surface area contributed by atoms with Crippen molar-refractivity contribution in [2.75, 3.05) is 26.2 Å². The second kappa shape index (κ2) is 8.09. The molecule has 1 fully saturated rings. The van der Waals surface area contributed by atoms with Crippen LogP contribution in [0.15, 0.2) is 30.3 Å². The lowest BCUT2D eigenvalue weighted by Gasteiger charge is -2.33. The molecule has 1 N–H and O–H groups in total. The van der Waals surface area contributed by atoms with Gasteiger partial charge in [0, 0.05) is 6.54 Å². The van der Waals surface area contributed by atoms with E-state index in [9.17, 15) is 5.11 Å². The van der Waals surface area contributed by atoms with Crippen LogP contribution in [0.2, 0.25) is 0 Å². The molecule has 0 amide bonds. The first-order chi connectivity index (χ1) is 10.4. The summed E-state index contributed by atoms with van der Waals surface area (Å²) in [6.45, 7) is 9.40. The van der Waals surface area contributed by atoms with Crippen molar-refractivity contribution in [2.24, 2.45) is 5.92 Å². The molecule has 1 aliphatic heterocycles. The number of rotatable bonds is 6. The van der Waals surface area contributed by atoms with E-state index in [1.807, 2.05) is 20.8 Å². The van der Waals surface area contributed by atoms with E-state index in [-0.39, 0.29) is 11.7 Å². The molecule has 0 unspecified atom stereocenters. The fraction of sp³-hybridized carbons (Fsp3) is 0.684. The molecule has 2 rings (SSSR count). The number of nitrogens with zero attached hydrogens (tertiary/aromatic N) is 1. The van der Waals surface area contributed by atoms with Crippen LogP contribution in [0.1, 0.15) is 39.2 Å². The number of β-amino-alcohol motifs (C(OH)–C–C–N with tert-alkyl or cyclic N) is 1. The molecular formula is C19H31NO2. The minimum absolute atomic E-state index is 0.177. The summed E-state index contributed by atoms with van der Waals surface area (Å²) in [5.41, 5.74) is 1.27. The van der Waals surface area contributed by atoms with Crippen molar-refractivity contribution < 1.29 is 9.84 Å². The summed E-state index contributed by atoms with van der Waals surface area (Å²) in [5.74, 6) is 0.779. The van der Waals surface area contributed by atoms with Crippen LogP contribution < -0.4 is 0 Å². The van der Waals surface area contributed by atoms with Gasteiger partial charge in [-0.3, -0.25) is 0 Å². The fourth-order valence-corrected chi connectivity index (χ4v) is 3.02. The summed E-state index contributed by atoms with van der Waals surface area (Å²) >= 11 is 0. The second-order valence-electron chi connectivity index (χ2n) is 7.51. The maximum atomic E-state index is 10.1. The van der Waals surface area contributed by atoms with Crippen LogP contribution in [0.25, 0.3) is 0 Å². The van der Waals surface area contributed by atoms with E-state index < -0.39 is 0 Å². The minimum Gasteiger partial charge on any atom is -0.389 e. The molecule has 1 atom stereocenters. The quantitative estimate of drug-likeness (QED) is 0.876. The maximum absolute atomic E-state index is 10.1. The number of aliphatic hydroxyl groups is 1. The third-order valence-corrected chi connectivity index (χ3v) is 4.25. The third kappa shape index (κ3) is 6.47.